The molecule has 0 saturated carbocycles. The quantitative estimate of drug-likeness (QED) is 0.787. The van der Waals surface area contributed by atoms with Crippen LogP contribution >= 0.6 is 0 Å². The summed E-state index contributed by atoms with van der Waals surface area (Å²) in [6, 6.07) is -0.302. The molecule has 0 aromatic rings. The molecule has 1 aliphatic heterocycles. The summed E-state index contributed by atoms with van der Waals surface area (Å²) in [5.74, 6) is 0. The van der Waals surface area contributed by atoms with E-state index in [1.807, 2.05) is 13.8 Å². The first-order valence-electron chi connectivity index (χ1n) is 6.57. The second-order valence-corrected chi connectivity index (χ2v) is 4.97. The first-order valence-corrected chi connectivity index (χ1v) is 6.57. The monoisotopic (exact) mass is 298 g/mol. The molecular formula is C12H21F3N2O3. The number of rotatable bonds is 5. The molecule has 1 atom stereocenters. The van der Waals surface area contributed by atoms with Crippen molar-refractivity contribution in [1.82, 2.24) is 10.2 Å². The Morgan fingerprint density at radius 2 is 2.20 bits per heavy atom. The molecule has 1 N–H and O–H groups in total. The molecule has 2 amide bonds. The van der Waals surface area contributed by atoms with Crippen molar-refractivity contribution in [3.05, 3.63) is 0 Å². The molecule has 0 bridgehead atoms. The summed E-state index contributed by atoms with van der Waals surface area (Å²) in [5, 5.41) is 2.54. The van der Waals surface area contributed by atoms with E-state index < -0.39 is 12.8 Å². The van der Waals surface area contributed by atoms with Crippen molar-refractivity contribution in [2.75, 3.05) is 39.5 Å². The molecule has 118 valence electrons. The van der Waals surface area contributed by atoms with Crippen molar-refractivity contribution in [2.45, 2.75) is 32.0 Å². The smallest absolute Gasteiger partial charge is 0.372 e. The standard InChI is InChI=1S/C12H21F3N2O3/c1-3-11(2)8-17(5-7-20-11)10(18)16-4-6-19-9-12(13,14)15/h3-9H2,1-2H3,(H,16,18). The lowest BCUT2D eigenvalue weighted by atomic mass is 10.0. The average molecular weight is 298 g/mol. The van der Waals surface area contributed by atoms with Crippen molar-refractivity contribution < 1.29 is 27.4 Å². The summed E-state index contributed by atoms with van der Waals surface area (Å²) in [4.78, 5) is 13.5. The lowest BCUT2D eigenvalue weighted by Gasteiger charge is -2.39. The van der Waals surface area contributed by atoms with Gasteiger partial charge >= 0.3 is 12.2 Å². The van der Waals surface area contributed by atoms with E-state index in [-0.39, 0.29) is 24.8 Å². The van der Waals surface area contributed by atoms with Gasteiger partial charge in [-0.15, -0.1) is 0 Å². The first-order chi connectivity index (χ1) is 9.26. The molecule has 8 heteroatoms. The first kappa shape index (κ1) is 17.0. The van der Waals surface area contributed by atoms with Crippen LogP contribution in [0.1, 0.15) is 20.3 Å². The number of carbonyl (C=O) groups is 1. The number of ether oxygens (including phenoxy) is 2. The van der Waals surface area contributed by atoms with Crippen LogP contribution in [0.15, 0.2) is 0 Å². The number of halogens is 3. The number of carbonyl (C=O) groups excluding carboxylic acids is 1. The number of nitrogens with zero attached hydrogens (tertiary/aromatic N) is 1. The van der Waals surface area contributed by atoms with Crippen LogP contribution in [0, 0.1) is 0 Å². The van der Waals surface area contributed by atoms with Crippen molar-refractivity contribution in [1.29, 1.82) is 0 Å². The number of hydrogen-bond donors (Lipinski definition) is 1. The van der Waals surface area contributed by atoms with Gasteiger partial charge in [0.15, 0.2) is 0 Å². The van der Waals surface area contributed by atoms with E-state index >= 15 is 0 Å². The van der Waals surface area contributed by atoms with Gasteiger partial charge in [-0.3, -0.25) is 0 Å². The third-order valence-electron chi connectivity index (χ3n) is 3.16. The van der Waals surface area contributed by atoms with Gasteiger partial charge in [0.25, 0.3) is 0 Å². The third-order valence-corrected chi connectivity index (χ3v) is 3.16. The van der Waals surface area contributed by atoms with E-state index in [0.717, 1.165) is 6.42 Å². The van der Waals surface area contributed by atoms with E-state index in [4.69, 9.17) is 4.74 Å². The molecule has 1 unspecified atom stereocenters. The van der Waals surface area contributed by atoms with E-state index in [1.165, 1.54) is 0 Å². The Labute approximate surface area is 116 Å². The minimum absolute atomic E-state index is 0.0507. The van der Waals surface area contributed by atoms with E-state index in [1.54, 1.807) is 4.90 Å². The molecule has 0 spiro atoms. The number of alkyl halides is 3. The van der Waals surface area contributed by atoms with Gasteiger partial charge in [0, 0.05) is 13.1 Å². The molecule has 0 radical (unpaired) electrons. The van der Waals surface area contributed by atoms with Crippen LogP contribution in [0.3, 0.4) is 0 Å². The zero-order chi connectivity index (χ0) is 15.2. The lowest BCUT2D eigenvalue weighted by Crippen LogP contribution is -2.54. The van der Waals surface area contributed by atoms with Crippen LogP contribution in [-0.2, 0) is 9.47 Å². The summed E-state index contributed by atoms with van der Waals surface area (Å²) >= 11 is 0. The molecule has 5 nitrogen and oxygen atoms in total. The Kier molecular flexibility index (Phi) is 6.07. The Morgan fingerprint density at radius 3 is 2.80 bits per heavy atom. The maximum absolute atomic E-state index is 11.8. The molecule has 0 aromatic heterocycles. The third kappa shape index (κ3) is 5.96. The Morgan fingerprint density at radius 1 is 1.50 bits per heavy atom. The summed E-state index contributed by atoms with van der Waals surface area (Å²) in [7, 11) is 0. The Bertz CT molecular complexity index is 326. The fourth-order valence-electron chi connectivity index (χ4n) is 1.85. The highest BCUT2D eigenvalue weighted by atomic mass is 19.4. The second-order valence-electron chi connectivity index (χ2n) is 4.97. The Balaban J connectivity index is 2.22. The predicted molar refractivity (Wildman–Crippen MR) is 66.5 cm³/mol. The highest BCUT2D eigenvalue weighted by molar-refractivity contribution is 5.74. The maximum Gasteiger partial charge on any atom is 0.411 e. The molecular weight excluding hydrogens is 277 g/mol. The molecule has 1 saturated heterocycles. The molecule has 1 heterocycles. The van der Waals surface area contributed by atoms with Crippen LogP contribution in [0.2, 0.25) is 0 Å². The van der Waals surface area contributed by atoms with Crippen LogP contribution in [0.4, 0.5) is 18.0 Å². The number of amides is 2. The molecule has 1 fully saturated rings. The fourth-order valence-corrected chi connectivity index (χ4v) is 1.85. The van der Waals surface area contributed by atoms with Crippen LogP contribution in [-0.4, -0.2) is 62.2 Å². The van der Waals surface area contributed by atoms with Gasteiger partial charge in [0.2, 0.25) is 0 Å². The van der Waals surface area contributed by atoms with Gasteiger partial charge in [0.05, 0.1) is 25.4 Å². The largest absolute Gasteiger partial charge is 0.411 e. The highest BCUT2D eigenvalue weighted by Gasteiger charge is 2.32. The summed E-state index contributed by atoms with van der Waals surface area (Å²) in [6.07, 6.45) is -3.55. The van der Waals surface area contributed by atoms with E-state index in [0.29, 0.717) is 19.7 Å². The number of morpholine rings is 1. The summed E-state index contributed by atoms with van der Waals surface area (Å²) in [6.45, 7) is 3.90. The second kappa shape index (κ2) is 7.12. The van der Waals surface area contributed by atoms with Crippen molar-refractivity contribution in [3.63, 3.8) is 0 Å². The molecule has 1 rings (SSSR count). The minimum atomic E-state index is -4.34. The highest BCUT2D eigenvalue weighted by Crippen LogP contribution is 2.20. The van der Waals surface area contributed by atoms with Crippen molar-refractivity contribution >= 4 is 6.03 Å². The Hall–Kier alpha value is -1.02. The van der Waals surface area contributed by atoms with Gasteiger partial charge in [-0.1, -0.05) is 6.92 Å². The van der Waals surface area contributed by atoms with Crippen molar-refractivity contribution in [2.24, 2.45) is 0 Å². The maximum atomic E-state index is 11.8. The molecule has 20 heavy (non-hydrogen) atoms. The van der Waals surface area contributed by atoms with Gasteiger partial charge in [-0.25, -0.2) is 4.79 Å². The summed E-state index contributed by atoms with van der Waals surface area (Å²) < 4.78 is 45.5. The minimum Gasteiger partial charge on any atom is -0.372 e. The van der Waals surface area contributed by atoms with E-state index in [2.05, 4.69) is 10.1 Å². The van der Waals surface area contributed by atoms with Crippen molar-refractivity contribution in [3.8, 4) is 0 Å². The normalized spacial score (nSPS) is 23.8. The average Bonchev–Trinajstić information content (AvgIpc) is 2.37. The zero-order valence-corrected chi connectivity index (χ0v) is 11.8. The molecule has 1 aliphatic rings. The van der Waals surface area contributed by atoms with Gasteiger partial charge < -0.3 is 19.7 Å². The van der Waals surface area contributed by atoms with Gasteiger partial charge in [0.1, 0.15) is 6.61 Å². The van der Waals surface area contributed by atoms with Crippen LogP contribution in [0.5, 0.6) is 0 Å². The SMILES string of the molecule is CCC1(C)CN(C(=O)NCCOCC(F)(F)F)CCO1. The molecule has 0 aromatic carbocycles. The zero-order valence-electron chi connectivity index (χ0n) is 11.8. The van der Waals surface area contributed by atoms with Gasteiger partial charge in [-0.05, 0) is 13.3 Å². The fraction of sp³-hybridized carbons (Fsp3) is 0.917. The lowest BCUT2D eigenvalue weighted by molar-refractivity contribution is -0.173. The number of hydrogen-bond acceptors (Lipinski definition) is 3. The predicted octanol–water partition coefficient (Wildman–Crippen LogP) is 1.78. The number of urea groups is 1. The molecule has 0 aliphatic carbocycles. The van der Waals surface area contributed by atoms with Gasteiger partial charge in [-0.2, -0.15) is 13.2 Å². The van der Waals surface area contributed by atoms with Crippen LogP contribution in [0.25, 0.3) is 0 Å². The van der Waals surface area contributed by atoms with E-state index in [9.17, 15) is 18.0 Å². The number of nitrogens with one attached hydrogen (secondary N) is 1. The van der Waals surface area contributed by atoms with Crippen LogP contribution < -0.4 is 5.32 Å². The topological polar surface area (TPSA) is 50.8 Å². The summed E-state index contributed by atoms with van der Waals surface area (Å²) in [5.41, 5.74) is -0.359.